The van der Waals surface area contributed by atoms with E-state index in [2.05, 4.69) is 16.0 Å². The standard InChI is InChI=1S/C39H45N3O4/c1-3-28(2)35(38(45)40-27-32-22-14-7-15-23-32)41-39(46)36(34(43)26-31-20-12-6-13-21-31)42-37(44)33(24-29-16-8-4-9-17-29)25-30-18-10-5-11-19-30/h4-23,28,33-36,43H,3,24-27H2,1-2H3,(H,40,45)(H,41,46)(H,42,44)/t28?,34-,35-,36+/m0/s1. The Balaban J connectivity index is 1.56. The van der Waals surface area contributed by atoms with Crippen molar-refractivity contribution in [2.75, 3.05) is 0 Å². The van der Waals surface area contributed by atoms with Gasteiger partial charge in [0.25, 0.3) is 0 Å². The molecule has 4 N–H and O–H groups in total. The number of amides is 3. The van der Waals surface area contributed by atoms with Crippen molar-refractivity contribution in [3.05, 3.63) is 144 Å². The molecule has 0 aliphatic heterocycles. The van der Waals surface area contributed by atoms with Gasteiger partial charge in [-0.3, -0.25) is 14.4 Å². The lowest BCUT2D eigenvalue weighted by Crippen LogP contribution is -2.60. The van der Waals surface area contributed by atoms with Crippen molar-refractivity contribution in [2.24, 2.45) is 11.8 Å². The molecule has 0 radical (unpaired) electrons. The Kier molecular flexibility index (Phi) is 13.1. The molecule has 0 heterocycles. The van der Waals surface area contributed by atoms with E-state index in [0.717, 1.165) is 22.3 Å². The van der Waals surface area contributed by atoms with Crippen molar-refractivity contribution >= 4 is 17.7 Å². The van der Waals surface area contributed by atoms with Gasteiger partial charge in [0.1, 0.15) is 12.1 Å². The Bertz CT molecular complexity index is 1460. The summed E-state index contributed by atoms with van der Waals surface area (Å²) in [4.78, 5) is 41.4. The van der Waals surface area contributed by atoms with E-state index in [-0.39, 0.29) is 24.2 Å². The molecule has 3 amide bonds. The number of carbonyl (C=O) groups is 3. The summed E-state index contributed by atoms with van der Waals surface area (Å²) in [5.74, 6) is -1.95. The van der Waals surface area contributed by atoms with Crippen LogP contribution < -0.4 is 16.0 Å². The van der Waals surface area contributed by atoms with Gasteiger partial charge < -0.3 is 21.1 Å². The van der Waals surface area contributed by atoms with Gasteiger partial charge in [0.15, 0.2) is 0 Å². The van der Waals surface area contributed by atoms with E-state index < -0.39 is 30.0 Å². The minimum absolute atomic E-state index is 0.148. The van der Waals surface area contributed by atoms with Crippen molar-refractivity contribution in [1.29, 1.82) is 0 Å². The van der Waals surface area contributed by atoms with Crippen molar-refractivity contribution in [2.45, 2.75) is 64.3 Å². The van der Waals surface area contributed by atoms with Gasteiger partial charge in [0.2, 0.25) is 17.7 Å². The third kappa shape index (κ3) is 10.4. The van der Waals surface area contributed by atoms with Crippen LogP contribution >= 0.6 is 0 Å². The molecule has 4 aromatic rings. The Morgan fingerprint density at radius 1 is 0.565 bits per heavy atom. The highest BCUT2D eigenvalue weighted by Crippen LogP contribution is 2.17. The first kappa shape index (κ1) is 34.1. The second-order valence-corrected chi connectivity index (χ2v) is 11.9. The maximum absolute atomic E-state index is 14.0. The average molecular weight is 620 g/mol. The van der Waals surface area contributed by atoms with Crippen LogP contribution in [0, 0.1) is 11.8 Å². The van der Waals surface area contributed by atoms with Crippen LogP contribution in [0.15, 0.2) is 121 Å². The summed E-state index contributed by atoms with van der Waals surface area (Å²) in [5.41, 5.74) is 3.76. The van der Waals surface area contributed by atoms with Gasteiger partial charge >= 0.3 is 0 Å². The number of benzene rings is 4. The lowest BCUT2D eigenvalue weighted by Gasteiger charge is -2.30. The summed E-state index contributed by atoms with van der Waals surface area (Å²) in [7, 11) is 0. The Morgan fingerprint density at radius 3 is 1.43 bits per heavy atom. The molecule has 240 valence electrons. The smallest absolute Gasteiger partial charge is 0.245 e. The first-order valence-corrected chi connectivity index (χ1v) is 16.1. The zero-order valence-corrected chi connectivity index (χ0v) is 26.6. The maximum Gasteiger partial charge on any atom is 0.245 e. The Hall–Kier alpha value is -4.75. The van der Waals surface area contributed by atoms with Crippen molar-refractivity contribution in [1.82, 2.24) is 16.0 Å². The maximum atomic E-state index is 14.0. The first-order chi connectivity index (χ1) is 22.3. The van der Waals surface area contributed by atoms with Crippen molar-refractivity contribution in [3.63, 3.8) is 0 Å². The fraction of sp³-hybridized carbons (Fsp3) is 0.308. The molecule has 1 unspecified atom stereocenters. The van der Waals surface area contributed by atoms with Crippen LogP contribution in [-0.2, 0) is 40.2 Å². The van der Waals surface area contributed by atoms with Gasteiger partial charge in [-0.05, 0) is 41.0 Å². The molecule has 0 spiro atoms. The van der Waals surface area contributed by atoms with Crippen LogP contribution in [0.25, 0.3) is 0 Å². The first-order valence-electron chi connectivity index (χ1n) is 16.1. The zero-order chi connectivity index (χ0) is 32.7. The number of hydrogen-bond acceptors (Lipinski definition) is 4. The fourth-order valence-corrected chi connectivity index (χ4v) is 5.48. The molecule has 7 nitrogen and oxygen atoms in total. The molecular weight excluding hydrogens is 574 g/mol. The third-order valence-corrected chi connectivity index (χ3v) is 8.38. The number of rotatable bonds is 16. The topological polar surface area (TPSA) is 108 Å². The molecule has 0 fully saturated rings. The normalized spacial score (nSPS) is 13.7. The predicted molar refractivity (Wildman–Crippen MR) is 182 cm³/mol. The third-order valence-electron chi connectivity index (χ3n) is 8.38. The van der Waals surface area contributed by atoms with E-state index in [9.17, 15) is 19.5 Å². The molecule has 0 aliphatic rings. The van der Waals surface area contributed by atoms with Crippen molar-refractivity contribution < 1.29 is 19.5 Å². The number of aliphatic hydroxyl groups is 1. The molecule has 4 atom stereocenters. The van der Waals surface area contributed by atoms with Crippen LogP contribution in [0.2, 0.25) is 0 Å². The molecule has 4 rings (SSSR count). The van der Waals surface area contributed by atoms with E-state index in [4.69, 9.17) is 0 Å². The van der Waals surface area contributed by atoms with Crippen LogP contribution in [0.3, 0.4) is 0 Å². The molecule has 7 heteroatoms. The summed E-state index contributed by atoms with van der Waals surface area (Å²) in [5, 5.41) is 20.2. The number of aliphatic hydroxyl groups excluding tert-OH is 1. The van der Waals surface area contributed by atoms with Gasteiger partial charge in [-0.25, -0.2) is 0 Å². The predicted octanol–water partition coefficient (Wildman–Crippen LogP) is 5.02. The summed E-state index contributed by atoms with van der Waals surface area (Å²) < 4.78 is 0. The highest BCUT2D eigenvalue weighted by molar-refractivity contribution is 5.93. The van der Waals surface area contributed by atoms with Crippen LogP contribution in [0.5, 0.6) is 0 Å². The minimum atomic E-state index is -1.28. The largest absolute Gasteiger partial charge is 0.390 e. The fourth-order valence-electron chi connectivity index (χ4n) is 5.48. The highest BCUT2D eigenvalue weighted by atomic mass is 16.3. The molecule has 0 aromatic heterocycles. The molecule has 46 heavy (non-hydrogen) atoms. The monoisotopic (exact) mass is 619 g/mol. The summed E-state index contributed by atoms with van der Waals surface area (Å²) in [6.45, 7) is 4.17. The molecule has 0 aliphatic carbocycles. The Labute approximate surface area is 272 Å². The van der Waals surface area contributed by atoms with E-state index in [1.807, 2.05) is 135 Å². The Morgan fingerprint density at radius 2 is 0.978 bits per heavy atom. The van der Waals surface area contributed by atoms with E-state index in [1.54, 1.807) is 0 Å². The summed E-state index contributed by atoms with van der Waals surface area (Å²) >= 11 is 0. The van der Waals surface area contributed by atoms with E-state index in [0.29, 0.717) is 25.8 Å². The molecular formula is C39H45N3O4. The van der Waals surface area contributed by atoms with Crippen LogP contribution in [-0.4, -0.2) is 41.0 Å². The average Bonchev–Trinajstić information content (AvgIpc) is 3.09. The minimum Gasteiger partial charge on any atom is -0.390 e. The lowest BCUT2D eigenvalue weighted by molar-refractivity contribution is -0.136. The van der Waals surface area contributed by atoms with Gasteiger partial charge in [0, 0.05) is 18.9 Å². The van der Waals surface area contributed by atoms with Gasteiger partial charge in [-0.15, -0.1) is 0 Å². The number of nitrogens with one attached hydrogen (secondary N) is 3. The lowest BCUT2D eigenvalue weighted by atomic mass is 9.91. The SMILES string of the molecule is CCC(C)[C@H](NC(=O)[C@H](NC(=O)C(Cc1ccccc1)Cc1ccccc1)[C@@H](O)Cc1ccccc1)C(=O)NCc1ccccc1. The molecule has 0 saturated carbocycles. The molecule has 0 saturated heterocycles. The van der Waals surface area contributed by atoms with Crippen LogP contribution in [0.4, 0.5) is 0 Å². The quantitative estimate of drug-likeness (QED) is 0.141. The van der Waals surface area contributed by atoms with E-state index in [1.165, 1.54) is 0 Å². The second kappa shape index (κ2) is 17.7. The van der Waals surface area contributed by atoms with E-state index >= 15 is 0 Å². The van der Waals surface area contributed by atoms with Gasteiger partial charge in [-0.2, -0.15) is 0 Å². The van der Waals surface area contributed by atoms with Crippen LogP contribution in [0.1, 0.15) is 42.5 Å². The zero-order valence-electron chi connectivity index (χ0n) is 26.6. The molecule has 0 bridgehead atoms. The number of hydrogen-bond donors (Lipinski definition) is 4. The van der Waals surface area contributed by atoms with Gasteiger partial charge in [-0.1, -0.05) is 142 Å². The summed E-state index contributed by atoms with van der Waals surface area (Å²) in [6, 6.07) is 36.3. The number of carbonyl (C=O) groups excluding carboxylic acids is 3. The van der Waals surface area contributed by atoms with Gasteiger partial charge in [0.05, 0.1) is 6.10 Å². The van der Waals surface area contributed by atoms with Crippen molar-refractivity contribution in [3.8, 4) is 0 Å². The second-order valence-electron chi connectivity index (χ2n) is 11.9. The molecule has 4 aromatic carbocycles. The highest BCUT2D eigenvalue weighted by Gasteiger charge is 2.35. The summed E-state index contributed by atoms with van der Waals surface area (Å²) in [6.07, 6.45) is 0.480.